The second-order valence-electron chi connectivity index (χ2n) is 8.14. The molecule has 2 aromatic heterocycles. The van der Waals surface area contributed by atoms with Crippen LogP contribution in [0.1, 0.15) is 5.56 Å². The van der Waals surface area contributed by atoms with Gasteiger partial charge in [0, 0.05) is 11.3 Å². The molecule has 0 aliphatic carbocycles. The molecule has 5 aromatic rings. The molecule has 0 fully saturated rings. The summed E-state index contributed by atoms with van der Waals surface area (Å²) < 4.78 is 13.0. The normalized spacial score (nSPS) is 10.9. The van der Waals surface area contributed by atoms with Crippen LogP contribution in [0.2, 0.25) is 0 Å². The fourth-order valence-corrected chi connectivity index (χ4v) is 4.44. The van der Waals surface area contributed by atoms with E-state index in [-0.39, 0.29) is 0 Å². The van der Waals surface area contributed by atoms with Crippen LogP contribution in [0.15, 0.2) is 78.9 Å². The van der Waals surface area contributed by atoms with Crippen LogP contribution >= 0.6 is 12.2 Å². The van der Waals surface area contributed by atoms with E-state index in [1.807, 2.05) is 85.8 Å². The van der Waals surface area contributed by atoms with Gasteiger partial charge in [0.2, 0.25) is 4.77 Å². The number of anilines is 1. The van der Waals surface area contributed by atoms with Gasteiger partial charge in [-0.15, -0.1) is 0 Å². The second-order valence-corrected chi connectivity index (χ2v) is 8.51. The summed E-state index contributed by atoms with van der Waals surface area (Å²) in [6.45, 7) is 2.04. The molecule has 5 rings (SSSR count). The highest BCUT2D eigenvalue weighted by molar-refractivity contribution is 7.71. The SMILES string of the molecule is COc1ccc(-c2cc(-c3ccccc3)c3c(N)n(-c4ccc(C)cc4)c(=S)nc3n2)cc1OC. The molecule has 2 N–H and O–H groups in total. The van der Waals surface area contributed by atoms with Crippen LogP contribution in [0.25, 0.3) is 39.1 Å². The van der Waals surface area contributed by atoms with Crippen LogP contribution in [0.5, 0.6) is 11.5 Å². The van der Waals surface area contributed by atoms with Crippen molar-refractivity contribution in [3.05, 3.63) is 89.2 Å². The lowest BCUT2D eigenvalue weighted by Crippen LogP contribution is -2.09. The van der Waals surface area contributed by atoms with Crippen LogP contribution < -0.4 is 15.2 Å². The average molecular weight is 481 g/mol. The summed E-state index contributed by atoms with van der Waals surface area (Å²) in [5, 5.41) is 0.745. The van der Waals surface area contributed by atoms with Gasteiger partial charge in [0.15, 0.2) is 17.1 Å². The number of nitrogens with zero attached hydrogens (tertiary/aromatic N) is 3. The van der Waals surface area contributed by atoms with Crippen molar-refractivity contribution in [3.8, 4) is 39.6 Å². The molecule has 2 heterocycles. The Morgan fingerprint density at radius 2 is 1.51 bits per heavy atom. The number of hydrogen-bond donors (Lipinski definition) is 1. The first-order chi connectivity index (χ1) is 17.0. The van der Waals surface area contributed by atoms with Gasteiger partial charge in [-0.2, -0.15) is 4.98 Å². The van der Waals surface area contributed by atoms with E-state index >= 15 is 0 Å². The number of hydrogen-bond acceptors (Lipinski definition) is 6. The van der Waals surface area contributed by atoms with E-state index in [1.165, 1.54) is 0 Å². The van der Waals surface area contributed by atoms with Crippen molar-refractivity contribution < 1.29 is 9.47 Å². The van der Waals surface area contributed by atoms with Crippen molar-refractivity contribution in [2.24, 2.45) is 0 Å². The summed E-state index contributed by atoms with van der Waals surface area (Å²) >= 11 is 5.67. The van der Waals surface area contributed by atoms with Gasteiger partial charge >= 0.3 is 0 Å². The van der Waals surface area contributed by atoms with E-state index in [9.17, 15) is 0 Å². The van der Waals surface area contributed by atoms with Gasteiger partial charge in [-0.1, -0.05) is 48.0 Å². The summed E-state index contributed by atoms with van der Waals surface area (Å²) in [6, 6.07) is 25.8. The molecule has 0 spiro atoms. The van der Waals surface area contributed by atoms with Gasteiger partial charge in [0.1, 0.15) is 5.82 Å². The third-order valence-corrected chi connectivity index (χ3v) is 6.22. The Bertz CT molecular complexity index is 1600. The van der Waals surface area contributed by atoms with Crippen molar-refractivity contribution in [2.45, 2.75) is 6.92 Å². The number of aryl methyl sites for hydroxylation is 1. The van der Waals surface area contributed by atoms with Crippen LogP contribution in [0.4, 0.5) is 5.82 Å². The maximum absolute atomic E-state index is 6.78. The van der Waals surface area contributed by atoms with E-state index in [1.54, 1.807) is 18.8 Å². The number of fused-ring (bicyclic) bond motifs is 1. The first-order valence-corrected chi connectivity index (χ1v) is 11.5. The van der Waals surface area contributed by atoms with Crippen molar-refractivity contribution in [1.29, 1.82) is 0 Å². The van der Waals surface area contributed by atoms with Gasteiger partial charge in [0.25, 0.3) is 0 Å². The molecule has 3 aromatic carbocycles. The first-order valence-electron chi connectivity index (χ1n) is 11.1. The molecule has 0 saturated heterocycles. The maximum Gasteiger partial charge on any atom is 0.207 e. The molecule has 174 valence electrons. The molecule has 0 saturated carbocycles. The fourth-order valence-electron chi connectivity index (χ4n) is 4.15. The van der Waals surface area contributed by atoms with E-state index in [4.69, 9.17) is 37.4 Å². The zero-order valence-corrected chi connectivity index (χ0v) is 20.5. The predicted molar refractivity (Wildman–Crippen MR) is 143 cm³/mol. The molecule has 0 aliphatic rings. The number of aromatic nitrogens is 3. The molecule has 0 aliphatic heterocycles. The summed E-state index contributed by atoms with van der Waals surface area (Å²) in [6.07, 6.45) is 0. The van der Waals surface area contributed by atoms with Crippen LogP contribution in [-0.2, 0) is 0 Å². The largest absolute Gasteiger partial charge is 0.493 e. The Morgan fingerprint density at radius 1 is 0.800 bits per heavy atom. The zero-order valence-electron chi connectivity index (χ0n) is 19.6. The van der Waals surface area contributed by atoms with Crippen molar-refractivity contribution in [1.82, 2.24) is 14.5 Å². The van der Waals surface area contributed by atoms with Gasteiger partial charge in [-0.25, -0.2) is 4.98 Å². The smallest absolute Gasteiger partial charge is 0.207 e. The highest BCUT2D eigenvalue weighted by Gasteiger charge is 2.18. The van der Waals surface area contributed by atoms with Crippen LogP contribution in [-0.4, -0.2) is 28.8 Å². The molecule has 35 heavy (non-hydrogen) atoms. The number of rotatable bonds is 5. The standard InChI is InChI=1S/C28H24N4O2S/c1-17-9-12-20(13-10-17)32-26(29)25-21(18-7-5-4-6-8-18)16-22(30-27(25)31-28(32)35)19-11-14-23(33-2)24(15-19)34-3/h4-16H,29H2,1-3H3. The van der Waals surface area contributed by atoms with E-state index in [2.05, 4.69) is 0 Å². The number of ether oxygens (including phenoxy) is 2. The Hall–Kier alpha value is -4.23. The Balaban J connectivity index is 1.82. The minimum absolute atomic E-state index is 0.342. The predicted octanol–water partition coefficient (Wildman–Crippen LogP) is 6.39. The number of benzene rings is 3. The fraction of sp³-hybridized carbons (Fsp3) is 0.107. The van der Waals surface area contributed by atoms with Crippen LogP contribution in [0, 0.1) is 11.7 Å². The zero-order chi connectivity index (χ0) is 24.5. The quantitative estimate of drug-likeness (QED) is 0.294. The molecule has 0 unspecified atom stereocenters. The van der Waals surface area contributed by atoms with E-state index < -0.39 is 0 Å². The molecule has 0 bridgehead atoms. The van der Waals surface area contributed by atoms with Gasteiger partial charge in [-0.05, 0) is 66.7 Å². The number of pyridine rings is 1. The van der Waals surface area contributed by atoms with Gasteiger partial charge in [0.05, 0.1) is 25.3 Å². The minimum atomic E-state index is 0.342. The molecule has 6 nitrogen and oxygen atoms in total. The minimum Gasteiger partial charge on any atom is -0.493 e. The van der Waals surface area contributed by atoms with Crippen molar-refractivity contribution in [2.75, 3.05) is 20.0 Å². The summed E-state index contributed by atoms with van der Waals surface area (Å²) in [7, 11) is 3.22. The topological polar surface area (TPSA) is 75.2 Å². The monoisotopic (exact) mass is 480 g/mol. The lowest BCUT2D eigenvalue weighted by atomic mass is 9.99. The highest BCUT2D eigenvalue weighted by Crippen LogP contribution is 2.37. The molecule has 0 atom stereocenters. The first kappa shape index (κ1) is 22.6. The van der Waals surface area contributed by atoms with Gasteiger partial charge < -0.3 is 15.2 Å². The Kier molecular flexibility index (Phi) is 5.93. The molecular formula is C28H24N4O2S. The van der Waals surface area contributed by atoms with Crippen LogP contribution in [0.3, 0.4) is 0 Å². The highest BCUT2D eigenvalue weighted by atomic mass is 32.1. The molecular weight excluding hydrogens is 456 g/mol. The lowest BCUT2D eigenvalue weighted by Gasteiger charge is -2.17. The van der Waals surface area contributed by atoms with Crippen molar-refractivity contribution >= 4 is 29.1 Å². The average Bonchev–Trinajstić information content (AvgIpc) is 2.89. The summed E-state index contributed by atoms with van der Waals surface area (Å²) in [5.41, 5.74) is 12.8. The van der Waals surface area contributed by atoms with E-state index in [0.29, 0.717) is 27.7 Å². The van der Waals surface area contributed by atoms with Crippen molar-refractivity contribution in [3.63, 3.8) is 0 Å². The molecule has 0 amide bonds. The number of methoxy groups -OCH3 is 2. The Labute approximate surface area is 208 Å². The lowest BCUT2D eigenvalue weighted by molar-refractivity contribution is 0.355. The summed E-state index contributed by atoms with van der Waals surface area (Å²) in [5.74, 6) is 1.76. The molecule has 7 heteroatoms. The number of nitrogen functional groups attached to an aromatic ring is 1. The molecule has 0 radical (unpaired) electrons. The van der Waals surface area contributed by atoms with Gasteiger partial charge in [-0.3, -0.25) is 4.57 Å². The second kappa shape index (κ2) is 9.19. The Morgan fingerprint density at radius 3 is 2.20 bits per heavy atom. The maximum atomic E-state index is 6.78. The summed E-state index contributed by atoms with van der Waals surface area (Å²) in [4.78, 5) is 9.58. The third-order valence-electron chi connectivity index (χ3n) is 5.95. The van der Waals surface area contributed by atoms with E-state index in [0.717, 1.165) is 39.0 Å². The number of nitrogens with two attached hydrogens (primary N) is 1. The third kappa shape index (κ3) is 4.11.